The largest absolute Gasteiger partial charge is 0.353 e. The third kappa shape index (κ3) is 8.68. The van der Waals surface area contributed by atoms with Crippen LogP contribution in [0.4, 0.5) is 4.39 Å². The van der Waals surface area contributed by atoms with Gasteiger partial charge in [0.2, 0.25) is 0 Å². The van der Waals surface area contributed by atoms with E-state index in [4.69, 9.17) is 9.47 Å². The van der Waals surface area contributed by atoms with E-state index in [9.17, 15) is 9.18 Å². The predicted octanol–water partition coefficient (Wildman–Crippen LogP) is 4.28. The second kappa shape index (κ2) is 12.3. The predicted molar refractivity (Wildman–Crippen MR) is 83.6 cm³/mol. The fourth-order valence-corrected chi connectivity index (χ4v) is 2.49. The Labute approximate surface area is 132 Å². The maximum atomic E-state index is 12.9. The van der Waals surface area contributed by atoms with Crippen LogP contribution in [0.25, 0.3) is 0 Å². The van der Waals surface area contributed by atoms with Crippen molar-refractivity contribution in [2.75, 3.05) is 19.0 Å². The van der Waals surface area contributed by atoms with Gasteiger partial charge in [-0.05, 0) is 48.8 Å². The van der Waals surface area contributed by atoms with E-state index < -0.39 is 0 Å². The van der Waals surface area contributed by atoms with Gasteiger partial charge in [0.05, 0.1) is 10.2 Å². The average molecular weight is 367 g/mol. The molecule has 0 aliphatic rings. The molecule has 0 spiro atoms. The van der Waals surface area contributed by atoms with Gasteiger partial charge >= 0.3 is 0 Å². The molecule has 114 valence electrons. The van der Waals surface area contributed by atoms with Crippen LogP contribution >= 0.6 is 27.7 Å². The highest BCUT2D eigenvalue weighted by Crippen LogP contribution is 2.28. The van der Waals surface area contributed by atoms with E-state index in [1.165, 1.54) is 17.8 Å². The molecule has 0 N–H and O–H groups in total. The number of carbonyl (C=O) groups is 1. The molecule has 0 fully saturated rings. The van der Waals surface area contributed by atoms with Crippen LogP contribution in [-0.2, 0) is 14.3 Å². The van der Waals surface area contributed by atoms with Crippen LogP contribution in [0, 0.1) is 5.82 Å². The summed E-state index contributed by atoms with van der Waals surface area (Å²) >= 11 is 4.40. The van der Waals surface area contributed by atoms with Crippen molar-refractivity contribution in [2.45, 2.75) is 32.0 Å². The standard InChI is InChI=1S/C8H6BrFOS.C6H14O2/c9-8-6(10)2-1-3-7(8)12-5-4-11;1-4-7-6(3)8-5-2/h1-4H,5H2;6H,4-5H2,1-3H3. The molecule has 0 saturated carbocycles. The van der Waals surface area contributed by atoms with Gasteiger partial charge in [-0.3, -0.25) is 0 Å². The summed E-state index contributed by atoms with van der Waals surface area (Å²) < 4.78 is 23.4. The molecule has 0 aliphatic carbocycles. The lowest BCUT2D eigenvalue weighted by Gasteiger charge is -2.09. The number of benzene rings is 1. The molecule has 20 heavy (non-hydrogen) atoms. The summed E-state index contributed by atoms with van der Waals surface area (Å²) in [6, 6.07) is 4.75. The first kappa shape index (κ1) is 19.6. The molecule has 3 nitrogen and oxygen atoms in total. The van der Waals surface area contributed by atoms with Crippen LogP contribution in [0.5, 0.6) is 0 Å². The molecule has 0 aromatic heterocycles. The van der Waals surface area contributed by atoms with Gasteiger partial charge in [-0.25, -0.2) is 4.39 Å². The minimum absolute atomic E-state index is 0.0370. The van der Waals surface area contributed by atoms with Gasteiger partial charge in [-0.15, -0.1) is 11.8 Å². The summed E-state index contributed by atoms with van der Waals surface area (Å²) in [6.07, 6.45) is 0.757. The Bertz CT molecular complexity index is 385. The zero-order valence-electron chi connectivity index (χ0n) is 11.9. The third-order valence-corrected chi connectivity index (χ3v) is 4.05. The number of thioether (sulfide) groups is 1. The quantitative estimate of drug-likeness (QED) is 0.409. The zero-order chi connectivity index (χ0) is 15.4. The smallest absolute Gasteiger partial charge is 0.154 e. The number of hydrogen-bond acceptors (Lipinski definition) is 4. The number of hydrogen-bond donors (Lipinski definition) is 0. The maximum Gasteiger partial charge on any atom is 0.154 e. The van der Waals surface area contributed by atoms with Crippen molar-refractivity contribution in [1.29, 1.82) is 0 Å². The van der Waals surface area contributed by atoms with Crippen LogP contribution in [0.3, 0.4) is 0 Å². The Kier molecular flexibility index (Phi) is 12.1. The van der Waals surface area contributed by atoms with Crippen molar-refractivity contribution in [3.63, 3.8) is 0 Å². The Hall–Kier alpha value is -0.430. The normalized spacial score (nSPS) is 10.1. The fraction of sp³-hybridized carbons (Fsp3) is 0.500. The van der Waals surface area contributed by atoms with Crippen LogP contribution in [-0.4, -0.2) is 31.5 Å². The van der Waals surface area contributed by atoms with E-state index in [1.807, 2.05) is 20.8 Å². The summed E-state index contributed by atoms with van der Waals surface area (Å²) in [7, 11) is 0. The van der Waals surface area contributed by atoms with Gasteiger partial charge in [0, 0.05) is 18.1 Å². The minimum atomic E-state index is -0.300. The van der Waals surface area contributed by atoms with Crippen molar-refractivity contribution in [3.05, 3.63) is 28.5 Å². The second-order valence-corrected chi connectivity index (χ2v) is 5.36. The number of ether oxygens (including phenoxy) is 2. The van der Waals surface area contributed by atoms with Crippen molar-refractivity contribution in [2.24, 2.45) is 0 Å². The van der Waals surface area contributed by atoms with Crippen molar-refractivity contribution >= 4 is 34.0 Å². The molecule has 1 rings (SSSR count). The van der Waals surface area contributed by atoms with E-state index in [1.54, 1.807) is 12.1 Å². The molecule has 0 heterocycles. The van der Waals surface area contributed by atoms with Crippen molar-refractivity contribution < 1.29 is 18.7 Å². The maximum absolute atomic E-state index is 12.9. The number of aldehydes is 1. The molecular weight excluding hydrogens is 347 g/mol. The average Bonchev–Trinajstić information content (AvgIpc) is 2.42. The van der Waals surface area contributed by atoms with Gasteiger partial charge in [-0.2, -0.15) is 0 Å². The van der Waals surface area contributed by atoms with E-state index in [2.05, 4.69) is 15.9 Å². The second-order valence-electron chi connectivity index (χ2n) is 3.51. The van der Waals surface area contributed by atoms with Crippen LogP contribution in [0.15, 0.2) is 27.6 Å². The first-order chi connectivity index (χ1) is 9.56. The van der Waals surface area contributed by atoms with E-state index >= 15 is 0 Å². The summed E-state index contributed by atoms with van der Waals surface area (Å²) in [4.78, 5) is 10.8. The number of rotatable bonds is 7. The van der Waals surface area contributed by atoms with Crippen LogP contribution < -0.4 is 0 Å². The van der Waals surface area contributed by atoms with Gasteiger partial charge in [0.1, 0.15) is 12.1 Å². The molecule has 1 aromatic carbocycles. The lowest BCUT2D eigenvalue weighted by atomic mass is 10.3. The summed E-state index contributed by atoms with van der Waals surface area (Å²) in [5, 5.41) is 0. The fourth-order valence-electron chi connectivity index (χ4n) is 1.24. The SMILES string of the molecule is CCOC(C)OCC.O=CCSc1cccc(F)c1Br. The van der Waals surface area contributed by atoms with Crippen molar-refractivity contribution in [1.82, 2.24) is 0 Å². The lowest BCUT2D eigenvalue weighted by Crippen LogP contribution is -2.11. The molecular formula is C14H20BrFO3S. The van der Waals surface area contributed by atoms with Gasteiger partial charge < -0.3 is 14.3 Å². The van der Waals surface area contributed by atoms with Gasteiger partial charge in [0.25, 0.3) is 0 Å². The zero-order valence-corrected chi connectivity index (χ0v) is 14.3. The lowest BCUT2D eigenvalue weighted by molar-refractivity contribution is -0.123. The first-order valence-corrected chi connectivity index (χ1v) is 8.08. The Morgan fingerprint density at radius 1 is 1.35 bits per heavy atom. The molecule has 0 saturated heterocycles. The molecule has 0 aliphatic heterocycles. The topological polar surface area (TPSA) is 35.5 Å². The monoisotopic (exact) mass is 366 g/mol. The molecule has 0 radical (unpaired) electrons. The number of halogens is 2. The molecule has 0 unspecified atom stereocenters. The van der Waals surface area contributed by atoms with Crippen LogP contribution in [0.1, 0.15) is 20.8 Å². The summed E-state index contributed by atoms with van der Waals surface area (Å²) in [5.74, 6) is 0.0492. The number of carbonyl (C=O) groups excluding carboxylic acids is 1. The van der Waals surface area contributed by atoms with Crippen molar-refractivity contribution in [3.8, 4) is 0 Å². The highest BCUT2D eigenvalue weighted by atomic mass is 79.9. The molecule has 6 heteroatoms. The van der Waals surface area contributed by atoms with E-state index in [0.717, 1.165) is 24.4 Å². The third-order valence-electron chi connectivity index (χ3n) is 2.03. The molecule has 1 aromatic rings. The Balaban J connectivity index is 0.000000396. The van der Waals surface area contributed by atoms with E-state index in [-0.39, 0.29) is 12.1 Å². The Morgan fingerprint density at radius 3 is 2.45 bits per heavy atom. The van der Waals surface area contributed by atoms with Gasteiger partial charge in [0.15, 0.2) is 6.29 Å². The highest BCUT2D eigenvalue weighted by Gasteiger charge is 2.04. The summed E-state index contributed by atoms with van der Waals surface area (Å²) in [6.45, 7) is 7.25. The van der Waals surface area contributed by atoms with E-state index in [0.29, 0.717) is 10.2 Å². The molecule has 0 amide bonds. The highest BCUT2D eigenvalue weighted by molar-refractivity contribution is 9.10. The minimum Gasteiger partial charge on any atom is -0.353 e. The van der Waals surface area contributed by atoms with Gasteiger partial charge in [-0.1, -0.05) is 6.07 Å². The molecule has 0 atom stereocenters. The first-order valence-electron chi connectivity index (χ1n) is 6.30. The van der Waals surface area contributed by atoms with Crippen LogP contribution in [0.2, 0.25) is 0 Å². The Morgan fingerprint density at radius 2 is 1.95 bits per heavy atom. The molecule has 0 bridgehead atoms. The summed E-state index contributed by atoms with van der Waals surface area (Å²) in [5.41, 5.74) is 0.